The Morgan fingerprint density at radius 1 is 1.12 bits per heavy atom. The molecular formula is C16H16O8. The van der Waals surface area contributed by atoms with Crippen LogP contribution in [0.1, 0.15) is 15.9 Å². The fraction of sp³-hybridized carbons (Fsp3) is 0.188. The molecule has 1 rings (SSSR count). The summed E-state index contributed by atoms with van der Waals surface area (Å²) in [6, 6.07) is 2.11. The van der Waals surface area contributed by atoms with E-state index in [-0.39, 0.29) is 18.6 Å². The van der Waals surface area contributed by atoms with Crippen LogP contribution in [0.5, 0.6) is 11.5 Å². The Morgan fingerprint density at radius 2 is 1.75 bits per heavy atom. The van der Waals surface area contributed by atoms with Crippen LogP contribution >= 0.6 is 0 Å². The summed E-state index contributed by atoms with van der Waals surface area (Å²) in [5.74, 6) is -4.04. The van der Waals surface area contributed by atoms with Gasteiger partial charge in [0.2, 0.25) is 0 Å². The Hall–Kier alpha value is -3.29. The number of carbonyl (C=O) groups is 3. The topological polar surface area (TPSA) is 130 Å². The fourth-order valence-corrected chi connectivity index (χ4v) is 1.81. The third-order valence-electron chi connectivity index (χ3n) is 2.95. The highest BCUT2D eigenvalue weighted by atomic mass is 16.6. The predicted molar refractivity (Wildman–Crippen MR) is 81.7 cm³/mol. The minimum absolute atomic E-state index is 0.161. The lowest BCUT2D eigenvalue weighted by atomic mass is 10.0. The summed E-state index contributed by atoms with van der Waals surface area (Å²) >= 11 is 0. The van der Waals surface area contributed by atoms with Crippen molar-refractivity contribution >= 4 is 17.9 Å². The highest BCUT2D eigenvalue weighted by Crippen LogP contribution is 2.32. The number of benzene rings is 1. The molecule has 0 aromatic heterocycles. The van der Waals surface area contributed by atoms with Gasteiger partial charge in [0, 0.05) is 24.1 Å². The molecule has 1 atom stereocenters. The Balaban J connectivity index is 3.08. The third-order valence-corrected chi connectivity index (χ3v) is 2.95. The van der Waals surface area contributed by atoms with E-state index < -0.39 is 41.1 Å². The maximum absolute atomic E-state index is 11.4. The first kappa shape index (κ1) is 18.8. The van der Waals surface area contributed by atoms with Gasteiger partial charge >= 0.3 is 17.9 Å². The quantitative estimate of drug-likeness (QED) is 0.476. The highest BCUT2D eigenvalue weighted by molar-refractivity contribution is 5.91. The Labute approximate surface area is 137 Å². The molecule has 0 radical (unpaired) electrons. The van der Waals surface area contributed by atoms with E-state index in [9.17, 15) is 24.6 Å². The first-order chi connectivity index (χ1) is 11.3. The van der Waals surface area contributed by atoms with Gasteiger partial charge in [-0.3, -0.25) is 0 Å². The maximum atomic E-state index is 11.4. The fourth-order valence-electron chi connectivity index (χ4n) is 1.81. The van der Waals surface area contributed by atoms with Crippen molar-refractivity contribution in [3.63, 3.8) is 0 Å². The Morgan fingerprint density at radius 3 is 2.29 bits per heavy atom. The zero-order valence-electron chi connectivity index (χ0n) is 12.6. The lowest BCUT2D eigenvalue weighted by Gasteiger charge is -2.18. The Kier molecular flexibility index (Phi) is 6.54. The molecule has 0 aliphatic heterocycles. The van der Waals surface area contributed by atoms with Crippen LogP contribution < -0.4 is 0 Å². The van der Waals surface area contributed by atoms with Crippen LogP contribution in [-0.4, -0.2) is 45.9 Å². The van der Waals surface area contributed by atoms with Gasteiger partial charge in [0.15, 0.2) is 0 Å². The van der Waals surface area contributed by atoms with E-state index in [0.29, 0.717) is 0 Å². The first-order valence-corrected chi connectivity index (χ1v) is 6.69. The third kappa shape index (κ3) is 4.87. The van der Waals surface area contributed by atoms with Crippen molar-refractivity contribution in [2.24, 2.45) is 0 Å². The average Bonchev–Trinajstić information content (AvgIpc) is 2.54. The van der Waals surface area contributed by atoms with E-state index >= 15 is 0 Å². The number of phenols is 2. The molecule has 0 saturated carbocycles. The molecule has 0 fully saturated rings. The number of carboxylic acid groups (broad SMARTS) is 1. The molecule has 0 spiro atoms. The first-order valence-electron chi connectivity index (χ1n) is 6.69. The van der Waals surface area contributed by atoms with Crippen LogP contribution in [0.15, 0.2) is 37.4 Å². The largest absolute Gasteiger partial charge is 0.508 e. The Bertz CT molecular complexity index is 677. The predicted octanol–water partition coefficient (Wildman–Crippen LogP) is 1.17. The number of ether oxygens (including phenoxy) is 2. The molecule has 0 aliphatic carbocycles. The second kappa shape index (κ2) is 8.37. The van der Waals surface area contributed by atoms with Crippen LogP contribution in [0, 0.1) is 0 Å². The molecule has 0 aliphatic rings. The van der Waals surface area contributed by atoms with Gasteiger partial charge in [0.25, 0.3) is 0 Å². The molecule has 1 aromatic carbocycles. The minimum atomic E-state index is -1.40. The van der Waals surface area contributed by atoms with E-state index in [1.54, 1.807) is 0 Å². The van der Waals surface area contributed by atoms with Gasteiger partial charge in [-0.25, -0.2) is 14.4 Å². The number of aromatic hydroxyl groups is 2. The SMILES string of the molecule is C=CC(=O)OCC(Cc1c(O)ccc(C(=O)O)c1O)OC(=O)C=C. The lowest BCUT2D eigenvalue weighted by Crippen LogP contribution is -2.26. The van der Waals surface area contributed by atoms with Crippen molar-refractivity contribution in [3.05, 3.63) is 48.6 Å². The van der Waals surface area contributed by atoms with Gasteiger partial charge in [-0.2, -0.15) is 0 Å². The number of aromatic carboxylic acids is 1. The maximum Gasteiger partial charge on any atom is 0.339 e. The highest BCUT2D eigenvalue weighted by Gasteiger charge is 2.23. The molecular weight excluding hydrogens is 320 g/mol. The van der Waals surface area contributed by atoms with Crippen LogP contribution in [-0.2, 0) is 25.5 Å². The smallest absolute Gasteiger partial charge is 0.339 e. The molecule has 0 amide bonds. The van der Waals surface area contributed by atoms with Crippen LogP contribution in [0.4, 0.5) is 0 Å². The molecule has 0 heterocycles. The number of hydrogen-bond acceptors (Lipinski definition) is 7. The summed E-state index contributed by atoms with van der Waals surface area (Å²) in [6.07, 6.45) is 0.422. The summed E-state index contributed by atoms with van der Waals surface area (Å²) in [4.78, 5) is 33.5. The van der Waals surface area contributed by atoms with Crippen LogP contribution in [0.25, 0.3) is 0 Å². The monoisotopic (exact) mass is 336 g/mol. The molecule has 0 bridgehead atoms. The zero-order chi connectivity index (χ0) is 18.3. The van der Waals surface area contributed by atoms with Gasteiger partial charge in [-0.15, -0.1) is 0 Å². The van der Waals surface area contributed by atoms with Gasteiger partial charge in [-0.05, 0) is 12.1 Å². The van der Waals surface area contributed by atoms with Gasteiger partial charge in [0.05, 0.1) is 0 Å². The number of carboxylic acids is 1. The van der Waals surface area contributed by atoms with Crippen LogP contribution in [0.3, 0.4) is 0 Å². The molecule has 3 N–H and O–H groups in total. The van der Waals surface area contributed by atoms with Crippen LogP contribution in [0.2, 0.25) is 0 Å². The standard InChI is InChI=1S/C16H16O8/c1-3-13(18)23-8-9(24-14(19)4-2)7-11-12(17)6-5-10(15(11)20)16(21)22/h3-6,9,17,20H,1-2,7-8H2,(H,21,22). The summed E-state index contributed by atoms with van der Waals surface area (Å²) in [7, 11) is 0. The molecule has 8 heteroatoms. The van der Waals surface area contributed by atoms with Crippen molar-refractivity contribution in [1.82, 2.24) is 0 Å². The van der Waals surface area contributed by atoms with E-state index in [4.69, 9.17) is 14.6 Å². The number of carbonyl (C=O) groups excluding carboxylic acids is 2. The van der Waals surface area contributed by atoms with E-state index in [1.807, 2.05) is 0 Å². The number of esters is 2. The lowest BCUT2D eigenvalue weighted by molar-refractivity contribution is -0.152. The van der Waals surface area contributed by atoms with E-state index in [1.165, 1.54) is 0 Å². The molecule has 24 heavy (non-hydrogen) atoms. The van der Waals surface area contributed by atoms with Gasteiger partial charge in [0.1, 0.15) is 29.8 Å². The van der Waals surface area contributed by atoms with Crippen molar-refractivity contribution in [2.45, 2.75) is 12.5 Å². The van der Waals surface area contributed by atoms with Crippen molar-refractivity contribution in [3.8, 4) is 11.5 Å². The van der Waals surface area contributed by atoms with Crippen molar-refractivity contribution in [1.29, 1.82) is 0 Å². The summed E-state index contributed by atoms with van der Waals surface area (Å²) in [5.41, 5.74) is -0.592. The molecule has 128 valence electrons. The van der Waals surface area contributed by atoms with Gasteiger partial charge in [-0.1, -0.05) is 13.2 Å². The van der Waals surface area contributed by atoms with E-state index in [0.717, 1.165) is 24.3 Å². The van der Waals surface area contributed by atoms with E-state index in [2.05, 4.69) is 13.2 Å². The second-order valence-electron chi connectivity index (χ2n) is 4.57. The molecule has 1 aromatic rings. The molecule has 8 nitrogen and oxygen atoms in total. The second-order valence-corrected chi connectivity index (χ2v) is 4.57. The summed E-state index contributed by atoms with van der Waals surface area (Å²) < 4.78 is 9.75. The molecule has 1 unspecified atom stereocenters. The molecule has 0 saturated heterocycles. The number of hydrogen-bond donors (Lipinski definition) is 3. The zero-order valence-corrected chi connectivity index (χ0v) is 12.6. The summed E-state index contributed by atoms with van der Waals surface area (Å²) in [6.45, 7) is 6.06. The summed E-state index contributed by atoms with van der Waals surface area (Å²) in [5, 5.41) is 28.8. The average molecular weight is 336 g/mol. The van der Waals surface area contributed by atoms with Crippen molar-refractivity contribution in [2.75, 3.05) is 6.61 Å². The normalized spacial score (nSPS) is 11.2. The van der Waals surface area contributed by atoms with Crippen molar-refractivity contribution < 1.29 is 39.2 Å². The number of rotatable bonds is 8. The minimum Gasteiger partial charge on any atom is -0.508 e. The van der Waals surface area contributed by atoms with Gasteiger partial charge < -0.3 is 24.8 Å². The number of phenolic OH excluding ortho intramolecular Hbond substituents is 1.